The van der Waals surface area contributed by atoms with Gasteiger partial charge in [-0.2, -0.15) is 0 Å². The van der Waals surface area contributed by atoms with Gasteiger partial charge in [0, 0.05) is 34.4 Å². The fourth-order valence-electron chi connectivity index (χ4n) is 5.49. The molecule has 404 valence electrons. The molecule has 0 fully saturated rings. The smallest absolute Gasteiger partial charge is 0.338 e. The summed E-state index contributed by atoms with van der Waals surface area (Å²) in [6.45, 7) is 20.1. The van der Waals surface area contributed by atoms with Gasteiger partial charge in [0.2, 0.25) is 0 Å². The van der Waals surface area contributed by atoms with Crippen molar-refractivity contribution in [1.29, 1.82) is 0 Å². The number of hydrogen-bond donors (Lipinski definition) is 14. The summed E-state index contributed by atoms with van der Waals surface area (Å²) < 4.78 is 9.79. The number of rotatable bonds is 12. The van der Waals surface area contributed by atoms with E-state index in [4.69, 9.17) is 50.3 Å². The number of phenolic OH excluding ortho intramolecular Hbond substituents is 14. The molecule has 0 bridgehead atoms. The molecule has 0 atom stereocenters. The van der Waals surface area contributed by atoms with Crippen molar-refractivity contribution in [3.8, 4) is 80.5 Å². The third kappa shape index (κ3) is 19.1. The number of aromatic hydroxyl groups is 14. The van der Waals surface area contributed by atoms with Gasteiger partial charge in [0.25, 0.3) is 0 Å². The van der Waals surface area contributed by atoms with Crippen molar-refractivity contribution in [2.24, 2.45) is 29.6 Å². The van der Waals surface area contributed by atoms with Crippen LogP contribution in [0, 0.1) is 36.5 Å². The second-order valence-electron chi connectivity index (χ2n) is 18.2. The predicted octanol–water partition coefficient (Wildman–Crippen LogP) is 8.76. The van der Waals surface area contributed by atoms with Crippen molar-refractivity contribution in [2.75, 3.05) is 13.2 Å². The van der Waals surface area contributed by atoms with Crippen LogP contribution in [-0.4, -0.2) is 114 Å². The number of Topliss-reactive ketones (excluding diaryl/α,β-unsaturated/α-hetero) is 3. The van der Waals surface area contributed by atoms with Crippen molar-refractivity contribution >= 4 is 29.3 Å². The minimum absolute atomic E-state index is 0.00606. The van der Waals surface area contributed by atoms with E-state index in [2.05, 4.69) is 0 Å². The quantitative estimate of drug-likeness (QED) is 0.0315. The van der Waals surface area contributed by atoms with Crippen LogP contribution in [0.4, 0.5) is 0 Å². The van der Waals surface area contributed by atoms with Gasteiger partial charge < -0.3 is 81.0 Å². The van der Waals surface area contributed by atoms with Crippen LogP contribution >= 0.6 is 0 Å². The van der Waals surface area contributed by atoms with E-state index in [9.17, 15) is 54.6 Å². The highest BCUT2D eigenvalue weighted by Crippen LogP contribution is 2.39. The molecule has 5 aromatic rings. The van der Waals surface area contributed by atoms with E-state index >= 15 is 0 Å². The van der Waals surface area contributed by atoms with Crippen LogP contribution in [0.5, 0.6) is 80.5 Å². The Morgan fingerprint density at radius 2 is 0.514 bits per heavy atom. The van der Waals surface area contributed by atoms with Crippen molar-refractivity contribution in [2.45, 2.75) is 76.2 Å². The molecule has 0 heterocycles. The SMILES string of the molecule is CC(C)C(=O)c1cc(O)c(O)c(O)c1.CC(C)C(=O)c1cc(O)c(O)c(O)c1.CC(C)COC(=O)c1cc(O)c(O)c(O)c1.CC(C)COC(=O)c1cc(O)c(O)c(O)c1.Cc1cc(C(=O)C(C)C)cc(O)c1O. The van der Waals surface area contributed by atoms with Gasteiger partial charge in [-0.3, -0.25) is 14.4 Å². The highest BCUT2D eigenvalue weighted by molar-refractivity contribution is 6.00. The van der Waals surface area contributed by atoms with E-state index in [1.54, 1.807) is 54.5 Å². The summed E-state index contributed by atoms with van der Waals surface area (Å²) >= 11 is 0. The van der Waals surface area contributed by atoms with Crippen LogP contribution < -0.4 is 0 Å². The van der Waals surface area contributed by atoms with Crippen LogP contribution in [0.25, 0.3) is 0 Å². The van der Waals surface area contributed by atoms with Gasteiger partial charge in [0.05, 0.1) is 24.3 Å². The molecule has 21 heteroatoms. The van der Waals surface area contributed by atoms with Crippen LogP contribution in [0.1, 0.15) is 127 Å². The molecule has 0 aliphatic rings. The Labute approximate surface area is 426 Å². The average Bonchev–Trinajstić information content (AvgIpc) is 3.32. The molecule has 0 spiro atoms. The number of benzene rings is 5. The van der Waals surface area contributed by atoms with E-state index in [1.165, 1.54) is 6.07 Å². The summed E-state index contributed by atoms with van der Waals surface area (Å²) in [7, 11) is 0. The van der Waals surface area contributed by atoms with Gasteiger partial charge >= 0.3 is 11.9 Å². The first kappa shape index (κ1) is 63.3. The summed E-state index contributed by atoms with van der Waals surface area (Å²) in [5.74, 6) is -9.03. The minimum Gasteiger partial charge on any atom is -0.504 e. The number of phenols is 14. The Bertz CT molecular complexity index is 2400. The molecule has 0 aliphatic heterocycles. The predicted molar refractivity (Wildman–Crippen MR) is 268 cm³/mol. The minimum atomic E-state index is -0.653. The first-order valence-corrected chi connectivity index (χ1v) is 22.6. The Kier molecular flexibility index (Phi) is 24.2. The number of hydrogen-bond acceptors (Lipinski definition) is 21. The Balaban J connectivity index is 0.000000463. The number of carbonyl (C=O) groups excluding carboxylic acids is 5. The van der Waals surface area contributed by atoms with Crippen LogP contribution in [0.3, 0.4) is 0 Å². The highest BCUT2D eigenvalue weighted by atomic mass is 16.5. The molecule has 21 nitrogen and oxygen atoms in total. The van der Waals surface area contributed by atoms with Crippen molar-refractivity contribution in [1.82, 2.24) is 0 Å². The third-order valence-corrected chi connectivity index (χ3v) is 9.55. The molecule has 0 aromatic heterocycles. The number of carbonyl (C=O) groups is 5. The van der Waals surface area contributed by atoms with E-state index in [0.29, 0.717) is 11.1 Å². The standard InChI is InChI=1S/2C11H14O5.C11H14O3.2C10H12O4/c2*1-6(2)5-16-11(15)7-3-8(12)10(14)9(13)4-7;1-6(2)10(13)8-4-7(3)11(14)9(12)5-8;2*1-5(2)9(13)6-3-7(11)10(14)8(12)4-6/h2*3-4,6,12-14H,5H2,1-2H3;4-6,12,14H,1-3H3;2*3-5,11-12,14H,1-2H3. The number of ketones is 3. The number of ether oxygens (including phenoxy) is 2. The zero-order valence-corrected chi connectivity index (χ0v) is 42.7. The van der Waals surface area contributed by atoms with Gasteiger partial charge in [-0.25, -0.2) is 9.59 Å². The zero-order chi connectivity index (χ0) is 57.2. The number of esters is 2. The lowest BCUT2D eigenvalue weighted by Crippen LogP contribution is -2.10. The maximum absolute atomic E-state index is 11.6. The third-order valence-electron chi connectivity index (χ3n) is 9.55. The summed E-state index contributed by atoms with van der Waals surface area (Å²) in [4.78, 5) is 57.4. The van der Waals surface area contributed by atoms with Crippen LogP contribution in [0.15, 0.2) is 60.7 Å². The summed E-state index contributed by atoms with van der Waals surface area (Å²) in [6, 6.07) is 11.6. The fourth-order valence-corrected chi connectivity index (χ4v) is 5.49. The van der Waals surface area contributed by atoms with Crippen LogP contribution in [-0.2, 0) is 9.47 Å². The van der Waals surface area contributed by atoms with Crippen molar-refractivity contribution < 1.29 is 105 Å². The van der Waals surface area contributed by atoms with E-state index in [1.807, 2.05) is 27.7 Å². The van der Waals surface area contributed by atoms with Gasteiger partial charge in [0.1, 0.15) is 0 Å². The summed E-state index contributed by atoms with van der Waals surface area (Å²) in [6.07, 6.45) is 0. The molecule has 5 aromatic carbocycles. The average molecular weight is 1040 g/mol. The summed E-state index contributed by atoms with van der Waals surface area (Å²) in [5, 5.41) is 128. The fraction of sp³-hybridized carbons (Fsp3) is 0.340. The van der Waals surface area contributed by atoms with E-state index in [-0.39, 0.29) is 93.9 Å². The van der Waals surface area contributed by atoms with Gasteiger partial charge in [-0.1, -0.05) is 69.2 Å². The molecule has 74 heavy (non-hydrogen) atoms. The second kappa shape index (κ2) is 28.3. The van der Waals surface area contributed by atoms with Gasteiger partial charge in [-0.15, -0.1) is 0 Å². The molecule has 5 rings (SSSR count). The summed E-state index contributed by atoms with van der Waals surface area (Å²) in [5.41, 5.74) is 1.31. The van der Waals surface area contributed by atoms with Gasteiger partial charge in [-0.05, 0) is 85.0 Å². The van der Waals surface area contributed by atoms with E-state index in [0.717, 1.165) is 48.5 Å². The molecule has 0 unspecified atom stereocenters. The second-order valence-corrected chi connectivity index (χ2v) is 18.2. The maximum Gasteiger partial charge on any atom is 0.338 e. The molecule has 0 radical (unpaired) electrons. The molecule has 0 saturated carbocycles. The number of aryl methyl sites for hydroxylation is 1. The lowest BCUT2D eigenvalue weighted by Gasteiger charge is -2.08. The van der Waals surface area contributed by atoms with Gasteiger partial charge in [0.15, 0.2) is 97.8 Å². The monoisotopic (exact) mass is 1040 g/mol. The topological polar surface area (TPSA) is 387 Å². The lowest BCUT2D eigenvalue weighted by atomic mass is 9.99. The van der Waals surface area contributed by atoms with E-state index < -0.39 is 80.9 Å². The molecular formula is C53H66O21. The van der Waals surface area contributed by atoms with Crippen molar-refractivity contribution in [3.05, 3.63) is 94.0 Å². The molecule has 0 saturated heterocycles. The zero-order valence-electron chi connectivity index (χ0n) is 42.7. The first-order chi connectivity index (χ1) is 34.1. The Morgan fingerprint density at radius 3 is 0.703 bits per heavy atom. The normalized spacial score (nSPS) is 10.5. The molecule has 0 amide bonds. The molecular weight excluding hydrogens is 973 g/mol. The largest absolute Gasteiger partial charge is 0.504 e. The molecule has 14 N–H and O–H groups in total. The molecule has 0 aliphatic carbocycles. The maximum atomic E-state index is 11.6. The lowest BCUT2D eigenvalue weighted by molar-refractivity contribution is 0.0450. The Hall–Kier alpha value is -8.75. The Morgan fingerprint density at radius 1 is 0.324 bits per heavy atom. The highest BCUT2D eigenvalue weighted by Gasteiger charge is 2.19. The van der Waals surface area contributed by atoms with Crippen LogP contribution in [0.2, 0.25) is 0 Å². The van der Waals surface area contributed by atoms with Crippen molar-refractivity contribution in [3.63, 3.8) is 0 Å². The first-order valence-electron chi connectivity index (χ1n) is 22.6.